The van der Waals surface area contributed by atoms with E-state index in [0.29, 0.717) is 19.4 Å². The van der Waals surface area contributed by atoms with Crippen molar-refractivity contribution in [2.24, 2.45) is 5.41 Å². The molecule has 0 aromatic rings. The van der Waals surface area contributed by atoms with Crippen molar-refractivity contribution >= 4 is 11.9 Å². The van der Waals surface area contributed by atoms with E-state index in [-0.39, 0.29) is 11.3 Å². The zero-order valence-electron chi connectivity index (χ0n) is 12.4. The van der Waals surface area contributed by atoms with Gasteiger partial charge in [-0.15, -0.1) is 0 Å². The molecule has 1 heterocycles. The second kappa shape index (κ2) is 6.92. The average Bonchev–Trinajstić information content (AvgIpc) is 2.24. The van der Waals surface area contributed by atoms with E-state index in [9.17, 15) is 14.7 Å². The molecule has 4 heteroatoms. The molecule has 1 aliphatic rings. The molecule has 1 fully saturated rings. The van der Waals surface area contributed by atoms with Gasteiger partial charge in [-0.3, -0.25) is 4.79 Å². The molecule has 0 aromatic carbocycles. The molecule has 0 bridgehead atoms. The van der Waals surface area contributed by atoms with Crippen LogP contribution in [0.1, 0.15) is 65.7 Å². The first-order chi connectivity index (χ1) is 8.81. The van der Waals surface area contributed by atoms with E-state index >= 15 is 0 Å². The van der Waals surface area contributed by atoms with Crippen molar-refractivity contribution in [2.45, 2.75) is 71.8 Å². The van der Waals surface area contributed by atoms with Gasteiger partial charge in [-0.1, -0.05) is 40.0 Å². The number of hydrogen-bond donors (Lipinski definition) is 1. The molecule has 1 saturated heterocycles. The highest BCUT2D eigenvalue weighted by atomic mass is 16.4. The summed E-state index contributed by atoms with van der Waals surface area (Å²) in [7, 11) is 0. The maximum absolute atomic E-state index is 12.3. The van der Waals surface area contributed by atoms with Crippen LogP contribution in [0, 0.1) is 5.41 Å². The van der Waals surface area contributed by atoms with Gasteiger partial charge in [0.05, 0.1) is 0 Å². The van der Waals surface area contributed by atoms with Crippen molar-refractivity contribution in [1.29, 1.82) is 0 Å². The monoisotopic (exact) mass is 269 g/mol. The van der Waals surface area contributed by atoms with Crippen molar-refractivity contribution in [3.63, 3.8) is 0 Å². The number of carbonyl (C=O) groups excluding carboxylic acids is 1. The minimum atomic E-state index is -0.856. The SMILES string of the molecule is CC(C)(C)CCC(=O)N1CCCCCCC1C(=O)O. The number of likely N-dealkylation sites (tertiary alicyclic amines) is 1. The number of carbonyl (C=O) groups is 2. The van der Waals surface area contributed by atoms with Gasteiger partial charge >= 0.3 is 5.97 Å². The number of aliphatic carboxylic acids is 1. The molecule has 1 N–H and O–H groups in total. The van der Waals surface area contributed by atoms with Gasteiger partial charge in [0.25, 0.3) is 0 Å². The molecule has 110 valence electrons. The second-order valence-corrected chi connectivity index (χ2v) is 6.70. The second-order valence-electron chi connectivity index (χ2n) is 6.70. The molecule has 0 saturated carbocycles. The van der Waals surface area contributed by atoms with Gasteiger partial charge in [-0.05, 0) is 24.7 Å². The van der Waals surface area contributed by atoms with Crippen LogP contribution < -0.4 is 0 Å². The first-order valence-corrected chi connectivity index (χ1v) is 7.33. The largest absolute Gasteiger partial charge is 0.480 e. The number of carboxylic acids is 1. The number of amides is 1. The lowest BCUT2D eigenvalue weighted by atomic mass is 9.90. The quantitative estimate of drug-likeness (QED) is 0.856. The van der Waals surface area contributed by atoms with E-state index in [2.05, 4.69) is 20.8 Å². The predicted octanol–water partition coefficient (Wildman–Crippen LogP) is 3.06. The van der Waals surface area contributed by atoms with Crippen LogP contribution in [-0.2, 0) is 9.59 Å². The van der Waals surface area contributed by atoms with Gasteiger partial charge in [0.2, 0.25) is 5.91 Å². The summed E-state index contributed by atoms with van der Waals surface area (Å²) in [4.78, 5) is 25.2. The highest BCUT2D eigenvalue weighted by Crippen LogP contribution is 2.23. The Balaban J connectivity index is 2.67. The van der Waals surface area contributed by atoms with Gasteiger partial charge in [-0.25, -0.2) is 4.79 Å². The summed E-state index contributed by atoms with van der Waals surface area (Å²) >= 11 is 0. The lowest BCUT2D eigenvalue weighted by molar-refractivity contribution is -0.151. The molecule has 0 spiro atoms. The fourth-order valence-electron chi connectivity index (χ4n) is 2.47. The van der Waals surface area contributed by atoms with Gasteiger partial charge in [0.15, 0.2) is 0 Å². The number of hydrogen-bond acceptors (Lipinski definition) is 2. The number of rotatable bonds is 3. The molecule has 1 unspecified atom stereocenters. The smallest absolute Gasteiger partial charge is 0.326 e. The molecule has 0 aromatic heterocycles. The lowest BCUT2D eigenvalue weighted by Gasteiger charge is -2.31. The van der Waals surface area contributed by atoms with Gasteiger partial charge < -0.3 is 10.0 Å². The molecule has 1 atom stereocenters. The maximum Gasteiger partial charge on any atom is 0.326 e. The zero-order chi connectivity index (χ0) is 14.5. The topological polar surface area (TPSA) is 57.6 Å². The Morgan fingerprint density at radius 2 is 1.79 bits per heavy atom. The Kier molecular flexibility index (Phi) is 5.83. The first-order valence-electron chi connectivity index (χ1n) is 7.33. The van der Waals surface area contributed by atoms with Crippen molar-refractivity contribution in [3.8, 4) is 0 Å². The Hall–Kier alpha value is -1.06. The summed E-state index contributed by atoms with van der Waals surface area (Å²) in [5.74, 6) is -0.852. The van der Waals surface area contributed by atoms with E-state index in [1.54, 1.807) is 4.90 Å². The standard InChI is InChI=1S/C15H27NO3/c1-15(2,3)10-9-13(17)16-11-7-5-4-6-8-12(16)14(18)19/h12H,4-11H2,1-3H3,(H,18,19). The molecule has 0 aliphatic carbocycles. The Bertz CT molecular complexity index is 320. The van der Waals surface area contributed by atoms with Crippen molar-refractivity contribution in [3.05, 3.63) is 0 Å². The molecule has 19 heavy (non-hydrogen) atoms. The fraction of sp³-hybridized carbons (Fsp3) is 0.867. The summed E-state index contributed by atoms with van der Waals surface area (Å²) in [6, 6.07) is -0.618. The van der Waals surface area contributed by atoms with Crippen molar-refractivity contribution in [1.82, 2.24) is 4.90 Å². The van der Waals surface area contributed by atoms with E-state index in [1.807, 2.05) is 0 Å². The van der Waals surface area contributed by atoms with Gasteiger partial charge in [0, 0.05) is 13.0 Å². The van der Waals surface area contributed by atoms with Crippen LogP contribution in [0.2, 0.25) is 0 Å². The third kappa shape index (κ3) is 5.62. The van der Waals surface area contributed by atoms with Crippen molar-refractivity contribution < 1.29 is 14.7 Å². The zero-order valence-corrected chi connectivity index (χ0v) is 12.4. The van der Waals surface area contributed by atoms with E-state index in [1.165, 1.54) is 0 Å². The first kappa shape index (κ1) is 16.0. The highest BCUT2D eigenvalue weighted by Gasteiger charge is 2.30. The van der Waals surface area contributed by atoms with Crippen LogP contribution in [0.4, 0.5) is 0 Å². The number of carboxylic acid groups (broad SMARTS) is 1. The van der Waals surface area contributed by atoms with Crippen LogP contribution in [0.5, 0.6) is 0 Å². The summed E-state index contributed by atoms with van der Waals surface area (Å²) in [5, 5.41) is 9.31. The molecular formula is C15H27NO3. The summed E-state index contributed by atoms with van der Waals surface area (Å²) in [6.45, 7) is 6.90. The lowest BCUT2D eigenvalue weighted by Crippen LogP contribution is -2.46. The van der Waals surface area contributed by atoms with E-state index in [4.69, 9.17) is 0 Å². The fourth-order valence-corrected chi connectivity index (χ4v) is 2.47. The number of nitrogens with zero attached hydrogens (tertiary/aromatic N) is 1. The third-order valence-electron chi connectivity index (χ3n) is 3.70. The molecular weight excluding hydrogens is 242 g/mol. The van der Waals surface area contributed by atoms with Crippen molar-refractivity contribution in [2.75, 3.05) is 6.54 Å². The minimum absolute atomic E-state index is 0.00391. The molecule has 1 amide bonds. The maximum atomic E-state index is 12.3. The van der Waals surface area contributed by atoms with Crippen LogP contribution in [0.3, 0.4) is 0 Å². The van der Waals surface area contributed by atoms with E-state index in [0.717, 1.165) is 32.1 Å². The summed E-state index contributed by atoms with van der Waals surface area (Å²) in [6.07, 6.45) is 5.84. The molecule has 0 radical (unpaired) electrons. The Morgan fingerprint density at radius 3 is 2.37 bits per heavy atom. The molecule has 4 nitrogen and oxygen atoms in total. The summed E-state index contributed by atoms with van der Waals surface area (Å²) in [5.41, 5.74) is 0.108. The van der Waals surface area contributed by atoms with E-state index < -0.39 is 12.0 Å². The van der Waals surface area contributed by atoms with Crippen LogP contribution in [-0.4, -0.2) is 34.5 Å². The van der Waals surface area contributed by atoms with Gasteiger partial charge in [-0.2, -0.15) is 0 Å². The Morgan fingerprint density at radius 1 is 1.16 bits per heavy atom. The van der Waals surface area contributed by atoms with Crippen LogP contribution in [0.15, 0.2) is 0 Å². The molecule has 1 rings (SSSR count). The Labute approximate surface area is 116 Å². The average molecular weight is 269 g/mol. The van der Waals surface area contributed by atoms with Gasteiger partial charge in [0.1, 0.15) is 6.04 Å². The normalized spacial score (nSPS) is 21.6. The molecule has 1 aliphatic heterocycles. The summed E-state index contributed by atoms with van der Waals surface area (Å²) < 4.78 is 0. The minimum Gasteiger partial charge on any atom is -0.480 e. The van der Waals surface area contributed by atoms with Crippen LogP contribution in [0.25, 0.3) is 0 Å². The predicted molar refractivity (Wildman–Crippen MR) is 74.9 cm³/mol. The third-order valence-corrected chi connectivity index (χ3v) is 3.70. The highest BCUT2D eigenvalue weighted by molar-refractivity contribution is 5.83. The van der Waals surface area contributed by atoms with Crippen LogP contribution >= 0.6 is 0 Å².